The zero-order valence-electron chi connectivity index (χ0n) is 12.9. The summed E-state index contributed by atoms with van der Waals surface area (Å²) >= 11 is 0. The van der Waals surface area contributed by atoms with Gasteiger partial charge in [-0.2, -0.15) is 0 Å². The minimum atomic E-state index is -0.617. The Morgan fingerprint density at radius 2 is 2.05 bits per heavy atom. The van der Waals surface area contributed by atoms with E-state index in [1.807, 2.05) is 6.92 Å². The monoisotopic (exact) mass is 299 g/mol. The fourth-order valence-corrected chi connectivity index (χ4v) is 3.52. The first-order valence-electron chi connectivity index (χ1n) is 8.13. The van der Waals surface area contributed by atoms with Gasteiger partial charge in [-0.1, -0.05) is 6.42 Å². The van der Waals surface area contributed by atoms with Crippen LogP contribution in [0.25, 0.3) is 0 Å². The van der Waals surface area contributed by atoms with Crippen LogP contribution in [-0.2, 0) is 9.53 Å². The Bertz CT molecular complexity index is 332. The zero-order valence-corrected chi connectivity index (χ0v) is 12.9. The Balaban J connectivity index is 1.87. The summed E-state index contributed by atoms with van der Waals surface area (Å²) in [4.78, 5) is 14.6. The van der Waals surface area contributed by atoms with Gasteiger partial charge in [0.2, 0.25) is 0 Å². The van der Waals surface area contributed by atoms with E-state index >= 15 is 0 Å². The molecule has 2 aliphatic rings. The van der Waals surface area contributed by atoms with Crippen LogP contribution in [0.4, 0.5) is 0 Å². The molecule has 2 rings (SSSR count). The van der Waals surface area contributed by atoms with Crippen LogP contribution in [0.3, 0.4) is 0 Å². The Hall–Kier alpha value is -0.530. The van der Waals surface area contributed by atoms with Gasteiger partial charge in [0.15, 0.2) is 0 Å². The fraction of sp³-hybridized carbons (Fsp3) is 0.933. The Morgan fingerprint density at radius 3 is 2.67 bits per heavy atom. The van der Waals surface area contributed by atoms with E-state index < -0.39 is 6.04 Å². The van der Waals surface area contributed by atoms with Crippen molar-refractivity contribution in [2.45, 2.75) is 57.6 Å². The van der Waals surface area contributed by atoms with Gasteiger partial charge in [0.25, 0.3) is 0 Å². The summed E-state index contributed by atoms with van der Waals surface area (Å²) in [6.45, 7) is 4.87. The van der Waals surface area contributed by atoms with Gasteiger partial charge in [0.1, 0.15) is 5.78 Å². The van der Waals surface area contributed by atoms with Crippen molar-refractivity contribution in [3.8, 4) is 0 Å². The van der Waals surface area contributed by atoms with E-state index in [9.17, 15) is 15.2 Å². The van der Waals surface area contributed by atoms with Gasteiger partial charge >= 0.3 is 0 Å². The summed E-state index contributed by atoms with van der Waals surface area (Å²) < 4.78 is 5.51. The molecular weight excluding hydrogens is 272 g/mol. The molecule has 1 N–H and O–H groups in total. The van der Waals surface area contributed by atoms with Gasteiger partial charge in [-0.05, 0) is 52.1 Å². The van der Waals surface area contributed by atoms with Gasteiger partial charge in [0, 0.05) is 18.6 Å². The topological polar surface area (TPSA) is 76.1 Å². The molecule has 0 spiro atoms. The van der Waals surface area contributed by atoms with Crippen molar-refractivity contribution in [2.24, 2.45) is 5.92 Å². The van der Waals surface area contributed by atoms with Crippen molar-refractivity contribution in [1.29, 1.82) is 0 Å². The molecule has 0 radical (unpaired) electrons. The summed E-state index contributed by atoms with van der Waals surface area (Å²) in [5.41, 5.74) is 0. The van der Waals surface area contributed by atoms with Gasteiger partial charge in [-0.3, -0.25) is 14.9 Å². The van der Waals surface area contributed by atoms with E-state index in [1.165, 1.54) is 6.42 Å². The first-order chi connectivity index (χ1) is 10.1. The number of likely N-dealkylation sites (tertiary alicyclic amines) is 1. The number of nitrogens with zero attached hydrogens (tertiary/aromatic N) is 2. The lowest BCUT2D eigenvalue weighted by Gasteiger charge is -2.42. The third-order valence-corrected chi connectivity index (χ3v) is 4.70. The predicted octanol–water partition coefficient (Wildman–Crippen LogP) is 1.80. The van der Waals surface area contributed by atoms with E-state index in [2.05, 4.69) is 4.90 Å². The van der Waals surface area contributed by atoms with E-state index in [1.54, 1.807) is 0 Å². The van der Waals surface area contributed by atoms with Gasteiger partial charge in [-0.25, -0.2) is 0 Å². The van der Waals surface area contributed by atoms with Crippen LogP contribution in [0.1, 0.15) is 45.4 Å². The maximum absolute atomic E-state index is 12.4. The van der Waals surface area contributed by atoms with Gasteiger partial charge < -0.3 is 15.2 Å². The number of ether oxygens (including phenoxy) is 1. The molecule has 6 nitrogen and oxygen atoms in total. The van der Waals surface area contributed by atoms with Crippen LogP contribution in [0.15, 0.2) is 0 Å². The van der Waals surface area contributed by atoms with Crippen LogP contribution in [0.2, 0.25) is 0 Å². The maximum atomic E-state index is 12.4. The quantitative estimate of drug-likeness (QED) is 0.754. The van der Waals surface area contributed by atoms with Crippen LogP contribution in [0.5, 0.6) is 0 Å². The molecule has 0 aromatic heterocycles. The first-order valence-corrected chi connectivity index (χ1v) is 8.13. The largest absolute Gasteiger partial charge is 0.762 e. The molecule has 1 saturated carbocycles. The summed E-state index contributed by atoms with van der Waals surface area (Å²) in [5.74, 6) is 0.0796. The minimum absolute atomic E-state index is 0.0132. The Labute approximate surface area is 126 Å². The zero-order chi connectivity index (χ0) is 15.2. The Morgan fingerprint density at radius 1 is 1.33 bits per heavy atom. The molecule has 2 fully saturated rings. The number of hydrogen-bond donors (Lipinski definition) is 1. The number of carbonyl (C=O) groups excluding carboxylic acids is 1. The van der Waals surface area contributed by atoms with E-state index in [0.717, 1.165) is 32.4 Å². The lowest BCUT2D eigenvalue weighted by molar-refractivity contribution is -0.152. The molecule has 1 heterocycles. The standard InChI is InChI=1S/C15H27N2O4/c1-2-21-15-7-6-12(10-13(15)17(19)20)14(18)11-16-8-4-3-5-9-16/h12-13,15,19H,2-11H2,1H3/q-1. The number of ketones is 1. The average molecular weight is 299 g/mol. The smallest absolute Gasteiger partial charge is 0.149 e. The lowest BCUT2D eigenvalue weighted by atomic mass is 9.81. The molecule has 21 heavy (non-hydrogen) atoms. The summed E-state index contributed by atoms with van der Waals surface area (Å²) in [7, 11) is 0. The van der Waals surface area contributed by atoms with Crippen LogP contribution < -0.4 is 0 Å². The van der Waals surface area contributed by atoms with Gasteiger partial charge in [0.05, 0.1) is 12.6 Å². The Kier molecular flexibility index (Phi) is 6.57. The molecule has 6 heteroatoms. The summed E-state index contributed by atoms with van der Waals surface area (Å²) in [6, 6.07) is -0.617. The molecule has 0 aromatic rings. The number of carbonyl (C=O) groups is 1. The second-order valence-electron chi connectivity index (χ2n) is 6.18. The first kappa shape index (κ1) is 16.8. The SMILES string of the molecule is CCOC1CCC(C(=O)CN2CCCCC2)CC1N([O-])O. The molecule has 122 valence electrons. The highest BCUT2D eigenvalue weighted by molar-refractivity contribution is 5.83. The van der Waals surface area contributed by atoms with Crippen LogP contribution in [0, 0.1) is 11.1 Å². The number of hydrogen-bond acceptors (Lipinski definition) is 6. The van der Waals surface area contributed by atoms with Crippen LogP contribution >= 0.6 is 0 Å². The molecule has 1 aliphatic carbocycles. The third-order valence-electron chi connectivity index (χ3n) is 4.70. The fourth-order valence-electron chi connectivity index (χ4n) is 3.52. The third kappa shape index (κ3) is 4.72. The summed E-state index contributed by atoms with van der Waals surface area (Å²) in [6.07, 6.45) is 5.13. The van der Waals surface area contributed by atoms with E-state index in [-0.39, 0.29) is 23.0 Å². The van der Waals surface area contributed by atoms with Crippen molar-refractivity contribution in [2.75, 3.05) is 26.2 Å². The highest BCUT2D eigenvalue weighted by Gasteiger charge is 2.35. The number of piperidine rings is 1. The van der Waals surface area contributed by atoms with Crippen molar-refractivity contribution in [3.05, 3.63) is 5.21 Å². The second-order valence-corrected chi connectivity index (χ2v) is 6.18. The van der Waals surface area contributed by atoms with Crippen LogP contribution in [-0.4, -0.2) is 59.5 Å². The maximum Gasteiger partial charge on any atom is 0.149 e. The molecule has 0 amide bonds. The molecule has 0 bridgehead atoms. The van der Waals surface area contributed by atoms with E-state index in [4.69, 9.17) is 4.74 Å². The average Bonchev–Trinajstić information content (AvgIpc) is 2.48. The number of Topliss-reactive ketones (excluding diaryl/α,β-unsaturated/α-hetero) is 1. The normalized spacial score (nSPS) is 31.5. The van der Waals surface area contributed by atoms with Crippen molar-refractivity contribution >= 4 is 5.78 Å². The minimum Gasteiger partial charge on any atom is -0.762 e. The second kappa shape index (κ2) is 8.19. The predicted molar refractivity (Wildman–Crippen MR) is 78.8 cm³/mol. The van der Waals surface area contributed by atoms with Crippen molar-refractivity contribution in [3.63, 3.8) is 0 Å². The molecule has 0 aromatic carbocycles. The number of rotatable bonds is 6. The summed E-state index contributed by atoms with van der Waals surface area (Å²) in [5, 5.41) is 20.6. The highest BCUT2D eigenvalue weighted by atomic mass is 16.8. The molecular formula is C15H27N2O4-. The van der Waals surface area contributed by atoms with E-state index in [0.29, 0.717) is 26.0 Å². The van der Waals surface area contributed by atoms with Gasteiger partial charge in [-0.15, -0.1) is 0 Å². The van der Waals surface area contributed by atoms with Crippen molar-refractivity contribution in [1.82, 2.24) is 10.1 Å². The molecule has 3 atom stereocenters. The lowest BCUT2D eigenvalue weighted by Crippen LogP contribution is -2.47. The highest BCUT2D eigenvalue weighted by Crippen LogP contribution is 2.30. The molecule has 3 unspecified atom stereocenters. The molecule has 1 saturated heterocycles. The number of hydroxylamine groups is 2. The van der Waals surface area contributed by atoms with Crippen molar-refractivity contribution < 1.29 is 14.7 Å². The molecule has 1 aliphatic heterocycles.